The second-order valence-corrected chi connectivity index (χ2v) is 4.01. The molecule has 2 saturated heterocycles. The topological polar surface area (TPSA) is 15.3 Å². The molecule has 0 atom stereocenters. The second-order valence-electron chi connectivity index (χ2n) is 4.01. The Morgan fingerprint density at radius 1 is 1.60 bits per heavy atom. The SMILES string of the molecule is CNCC12CC(C1)N(C)C2. The van der Waals surface area contributed by atoms with E-state index in [1.165, 1.54) is 25.9 Å². The van der Waals surface area contributed by atoms with Gasteiger partial charge in [-0.1, -0.05) is 0 Å². The van der Waals surface area contributed by atoms with Crippen LogP contribution in [0.2, 0.25) is 0 Å². The molecule has 2 nitrogen and oxygen atoms in total. The molecule has 0 unspecified atom stereocenters. The summed E-state index contributed by atoms with van der Waals surface area (Å²) in [5.41, 5.74) is 0.675. The Balaban J connectivity index is 1.97. The predicted octanol–water partition coefficient (Wildman–Crippen LogP) is 0.300. The molecular formula is C8H16N2. The van der Waals surface area contributed by atoms with Crippen molar-refractivity contribution in [3.63, 3.8) is 0 Å². The quantitative estimate of drug-likeness (QED) is 0.593. The average Bonchev–Trinajstić information content (AvgIpc) is 2.20. The molecule has 0 spiro atoms. The van der Waals surface area contributed by atoms with Gasteiger partial charge in [-0.25, -0.2) is 0 Å². The molecule has 0 aromatic rings. The van der Waals surface area contributed by atoms with Crippen molar-refractivity contribution >= 4 is 0 Å². The fourth-order valence-electron chi connectivity index (χ4n) is 2.61. The highest BCUT2D eigenvalue weighted by Crippen LogP contribution is 2.50. The molecule has 3 fully saturated rings. The number of rotatable bonds is 2. The Bertz CT molecular complexity index is 133. The van der Waals surface area contributed by atoms with E-state index in [0.717, 1.165) is 6.04 Å². The summed E-state index contributed by atoms with van der Waals surface area (Å²) >= 11 is 0. The number of nitrogens with zero attached hydrogens (tertiary/aromatic N) is 1. The Labute approximate surface area is 62.6 Å². The van der Waals surface area contributed by atoms with Gasteiger partial charge in [0.1, 0.15) is 0 Å². The summed E-state index contributed by atoms with van der Waals surface area (Å²) in [6.45, 7) is 2.53. The number of hydrogen-bond acceptors (Lipinski definition) is 2. The average molecular weight is 140 g/mol. The fourth-order valence-corrected chi connectivity index (χ4v) is 2.61. The first kappa shape index (κ1) is 6.62. The first-order valence-corrected chi connectivity index (χ1v) is 4.11. The molecule has 2 heterocycles. The van der Waals surface area contributed by atoms with Crippen molar-refractivity contribution in [2.24, 2.45) is 5.41 Å². The van der Waals surface area contributed by atoms with Crippen molar-refractivity contribution in [1.82, 2.24) is 10.2 Å². The van der Waals surface area contributed by atoms with Crippen molar-refractivity contribution < 1.29 is 0 Å². The molecule has 3 aliphatic rings. The maximum Gasteiger partial charge on any atom is 0.0105 e. The van der Waals surface area contributed by atoms with E-state index in [4.69, 9.17) is 0 Å². The summed E-state index contributed by atoms with van der Waals surface area (Å²) in [6, 6.07) is 0.924. The zero-order valence-corrected chi connectivity index (χ0v) is 6.85. The van der Waals surface area contributed by atoms with Crippen LogP contribution in [0.1, 0.15) is 12.8 Å². The number of nitrogens with one attached hydrogen (secondary N) is 1. The van der Waals surface area contributed by atoms with Crippen molar-refractivity contribution in [3.8, 4) is 0 Å². The Hall–Kier alpha value is -0.0800. The fraction of sp³-hybridized carbons (Fsp3) is 1.00. The van der Waals surface area contributed by atoms with Crippen LogP contribution >= 0.6 is 0 Å². The molecule has 10 heavy (non-hydrogen) atoms. The van der Waals surface area contributed by atoms with Gasteiger partial charge < -0.3 is 10.2 Å². The molecule has 1 saturated carbocycles. The van der Waals surface area contributed by atoms with E-state index in [2.05, 4.69) is 24.3 Å². The van der Waals surface area contributed by atoms with Gasteiger partial charge in [-0.15, -0.1) is 0 Å². The van der Waals surface area contributed by atoms with Gasteiger partial charge in [-0.2, -0.15) is 0 Å². The summed E-state index contributed by atoms with van der Waals surface area (Å²) in [7, 11) is 4.30. The van der Waals surface area contributed by atoms with Crippen LogP contribution in [0.5, 0.6) is 0 Å². The molecule has 0 amide bonds. The van der Waals surface area contributed by atoms with E-state index in [0.29, 0.717) is 5.41 Å². The van der Waals surface area contributed by atoms with Gasteiger partial charge in [-0.3, -0.25) is 0 Å². The van der Waals surface area contributed by atoms with E-state index >= 15 is 0 Å². The smallest absolute Gasteiger partial charge is 0.0105 e. The van der Waals surface area contributed by atoms with Crippen LogP contribution in [0.3, 0.4) is 0 Å². The van der Waals surface area contributed by atoms with E-state index in [9.17, 15) is 0 Å². The lowest BCUT2D eigenvalue weighted by Crippen LogP contribution is -2.41. The van der Waals surface area contributed by atoms with E-state index in [1.807, 2.05) is 0 Å². The van der Waals surface area contributed by atoms with Crippen molar-refractivity contribution in [1.29, 1.82) is 0 Å². The van der Waals surface area contributed by atoms with Crippen LogP contribution < -0.4 is 5.32 Å². The Morgan fingerprint density at radius 3 is 2.70 bits per heavy atom. The lowest BCUT2D eigenvalue weighted by molar-refractivity contribution is 0.182. The van der Waals surface area contributed by atoms with Gasteiger partial charge >= 0.3 is 0 Å². The van der Waals surface area contributed by atoms with Gasteiger partial charge in [0.15, 0.2) is 0 Å². The summed E-state index contributed by atoms with van der Waals surface area (Å²) in [5.74, 6) is 0. The molecule has 2 heteroatoms. The highest BCUT2D eigenvalue weighted by molar-refractivity contribution is 5.07. The van der Waals surface area contributed by atoms with Crippen LogP contribution in [0, 0.1) is 5.41 Å². The molecule has 2 bridgehead atoms. The molecule has 0 radical (unpaired) electrons. The standard InChI is InChI=1S/C8H16N2/c1-9-5-8-3-7(4-8)10(2)6-8/h7,9H,3-6H2,1-2H3. The van der Waals surface area contributed by atoms with Gasteiger partial charge in [0.2, 0.25) is 0 Å². The summed E-state index contributed by atoms with van der Waals surface area (Å²) in [6.07, 6.45) is 2.87. The predicted molar refractivity (Wildman–Crippen MR) is 42.0 cm³/mol. The molecular weight excluding hydrogens is 124 g/mol. The van der Waals surface area contributed by atoms with E-state index < -0.39 is 0 Å². The monoisotopic (exact) mass is 140 g/mol. The maximum atomic E-state index is 3.28. The van der Waals surface area contributed by atoms with E-state index in [-0.39, 0.29) is 0 Å². The van der Waals surface area contributed by atoms with Gasteiger partial charge in [-0.05, 0) is 32.4 Å². The second kappa shape index (κ2) is 1.95. The summed E-state index contributed by atoms with van der Waals surface area (Å²) < 4.78 is 0. The lowest BCUT2D eigenvalue weighted by atomic mass is 9.70. The molecule has 58 valence electrons. The summed E-state index contributed by atoms with van der Waals surface area (Å²) in [4.78, 5) is 2.50. The van der Waals surface area contributed by atoms with Crippen LogP contribution in [0.15, 0.2) is 0 Å². The molecule has 1 aliphatic carbocycles. The summed E-state index contributed by atoms with van der Waals surface area (Å²) in [5, 5.41) is 3.28. The third-order valence-electron chi connectivity index (χ3n) is 3.10. The minimum Gasteiger partial charge on any atom is -0.319 e. The number of fused-ring (bicyclic) bond motifs is 1. The van der Waals surface area contributed by atoms with Crippen LogP contribution in [0.4, 0.5) is 0 Å². The van der Waals surface area contributed by atoms with Gasteiger partial charge in [0, 0.05) is 19.1 Å². The zero-order chi connectivity index (χ0) is 7.19. The normalized spacial score (nSPS) is 45.6. The van der Waals surface area contributed by atoms with Gasteiger partial charge in [0.05, 0.1) is 0 Å². The molecule has 2 aliphatic heterocycles. The maximum absolute atomic E-state index is 3.28. The van der Waals surface area contributed by atoms with E-state index in [1.54, 1.807) is 0 Å². The first-order chi connectivity index (χ1) is 4.76. The van der Waals surface area contributed by atoms with Crippen LogP contribution in [-0.2, 0) is 0 Å². The largest absolute Gasteiger partial charge is 0.319 e. The molecule has 3 rings (SSSR count). The Kier molecular flexibility index (Phi) is 1.29. The highest BCUT2D eigenvalue weighted by atomic mass is 15.2. The molecule has 0 aromatic heterocycles. The third kappa shape index (κ3) is 0.722. The third-order valence-corrected chi connectivity index (χ3v) is 3.10. The first-order valence-electron chi connectivity index (χ1n) is 4.11. The van der Waals surface area contributed by atoms with Crippen molar-refractivity contribution in [2.45, 2.75) is 18.9 Å². The molecule has 0 aromatic carbocycles. The Morgan fingerprint density at radius 2 is 2.30 bits per heavy atom. The van der Waals surface area contributed by atoms with Gasteiger partial charge in [0.25, 0.3) is 0 Å². The van der Waals surface area contributed by atoms with Crippen molar-refractivity contribution in [3.05, 3.63) is 0 Å². The molecule has 1 N–H and O–H groups in total. The van der Waals surface area contributed by atoms with Crippen molar-refractivity contribution in [2.75, 3.05) is 27.2 Å². The minimum absolute atomic E-state index is 0.675. The van der Waals surface area contributed by atoms with Crippen LogP contribution in [0.25, 0.3) is 0 Å². The van der Waals surface area contributed by atoms with Crippen LogP contribution in [-0.4, -0.2) is 38.1 Å². The highest BCUT2D eigenvalue weighted by Gasteiger charge is 2.52. The zero-order valence-electron chi connectivity index (χ0n) is 6.85. The minimum atomic E-state index is 0.675. The number of hydrogen-bond donors (Lipinski definition) is 1. The lowest BCUT2D eigenvalue weighted by Gasteiger charge is -2.37.